The van der Waals surface area contributed by atoms with E-state index in [4.69, 9.17) is 4.74 Å². The van der Waals surface area contributed by atoms with E-state index in [2.05, 4.69) is 34.6 Å². The number of rotatable bonds is 6. The van der Waals surface area contributed by atoms with Crippen LogP contribution >= 0.6 is 11.8 Å². The molecular weight excluding hydrogens is 244 g/mol. The smallest absolute Gasteiger partial charge is 0.156 e. The second-order valence-electron chi connectivity index (χ2n) is 4.36. The largest absolute Gasteiger partial charge is 0.385 e. The number of amidine groups is 1. The molecule has 18 heavy (non-hydrogen) atoms. The number of thioether (sulfide) groups is 1. The van der Waals surface area contributed by atoms with E-state index >= 15 is 0 Å². The van der Waals surface area contributed by atoms with Crippen LogP contribution in [-0.4, -0.2) is 37.2 Å². The summed E-state index contributed by atoms with van der Waals surface area (Å²) in [5, 5.41) is 4.53. The molecule has 3 nitrogen and oxygen atoms in total. The molecule has 1 aliphatic rings. The minimum Gasteiger partial charge on any atom is -0.385 e. The Morgan fingerprint density at radius 2 is 2.22 bits per heavy atom. The molecule has 1 atom stereocenters. The van der Waals surface area contributed by atoms with E-state index in [1.807, 2.05) is 17.8 Å². The summed E-state index contributed by atoms with van der Waals surface area (Å²) in [6.07, 6.45) is 2.07. The highest BCUT2D eigenvalue weighted by Crippen LogP contribution is 2.16. The molecule has 0 saturated carbocycles. The lowest BCUT2D eigenvalue weighted by Crippen LogP contribution is -2.28. The van der Waals surface area contributed by atoms with Crippen molar-refractivity contribution >= 4 is 16.9 Å². The van der Waals surface area contributed by atoms with Crippen LogP contribution in [0.25, 0.3) is 0 Å². The lowest BCUT2D eigenvalue weighted by atomic mass is 10.2. The molecule has 0 bridgehead atoms. The minimum absolute atomic E-state index is 0.519. The number of nitrogens with one attached hydrogen (secondary N) is 1. The summed E-state index contributed by atoms with van der Waals surface area (Å²) < 4.78 is 5.09. The Kier molecular flexibility index (Phi) is 5.55. The van der Waals surface area contributed by atoms with Crippen LogP contribution in [0.4, 0.5) is 0 Å². The Morgan fingerprint density at radius 3 is 3.00 bits per heavy atom. The van der Waals surface area contributed by atoms with Gasteiger partial charge in [-0.1, -0.05) is 42.1 Å². The van der Waals surface area contributed by atoms with Crippen molar-refractivity contribution in [2.45, 2.75) is 18.9 Å². The van der Waals surface area contributed by atoms with Gasteiger partial charge in [0, 0.05) is 32.1 Å². The quantitative estimate of drug-likeness (QED) is 0.856. The Balaban J connectivity index is 1.71. The molecule has 4 heteroatoms. The molecule has 1 saturated heterocycles. The summed E-state index contributed by atoms with van der Waals surface area (Å²) in [6, 6.07) is 11.0. The molecule has 1 N–H and O–H groups in total. The fraction of sp³-hybridized carbons (Fsp3) is 0.500. The lowest BCUT2D eigenvalue weighted by molar-refractivity contribution is 0.188. The van der Waals surface area contributed by atoms with E-state index in [9.17, 15) is 0 Å². The molecular formula is C14H20N2OS. The third kappa shape index (κ3) is 4.35. The van der Waals surface area contributed by atoms with Gasteiger partial charge < -0.3 is 10.1 Å². The van der Waals surface area contributed by atoms with Crippen LogP contribution in [0.5, 0.6) is 0 Å². The van der Waals surface area contributed by atoms with Gasteiger partial charge in [-0.25, -0.2) is 0 Å². The van der Waals surface area contributed by atoms with Crippen LogP contribution in [0.3, 0.4) is 0 Å². The van der Waals surface area contributed by atoms with Gasteiger partial charge in [-0.15, -0.1) is 0 Å². The highest BCUT2D eigenvalue weighted by atomic mass is 32.2. The molecule has 2 rings (SSSR count). The molecule has 1 aromatic carbocycles. The van der Waals surface area contributed by atoms with Crippen molar-refractivity contribution in [3.8, 4) is 0 Å². The van der Waals surface area contributed by atoms with Gasteiger partial charge in [0.05, 0.1) is 0 Å². The Hall–Kier alpha value is -1.00. The Bertz CT molecular complexity index is 381. The first kappa shape index (κ1) is 13.4. The molecule has 0 radical (unpaired) electrons. The molecule has 1 unspecified atom stereocenters. The number of ether oxygens (including phenoxy) is 1. The van der Waals surface area contributed by atoms with Crippen molar-refractivity contribution < 1.29 is 4.74 Å². The van der Waals surface area contributed by atoms with Gasteiger partial charge in [-0.3, -0.25) is 4.99 Å². The third-order valence-electron chi connectivity index (χ3n) is 2.92. The first-order chi connectivity index (χ1) is 8.88. The van der Waals surface area contributed by atoms with Crippen LogP contribution in [-0.2, 0) is 11.2 Å². The molecule has 1 heterocycles. The topological polar surface area (TPSA) is 33.6 Å². The maximum absolute atomic E-state index is 5.09. The fourth-order valence-electron chi connectivity index (χ4n) is 1.88. The van der Waals surface area contributed by atoms with Crippen molar-refractivity contribution in [1.29, 1.82) is 0 Å². The predicted octanol–water partition coefficient (Wildman–Crippen LogP) is 2.33. The lowest BCUT2D eigenvalue weighted by Gasteiger charge is -2.08. The molecule has 0 aromatic heterocycles. The second kappa shape index (κ2) is 7.44. The Morgan fingerprint density at radius 1 is 1.39 bits per heavy atom. The van der Waals surface area contributed by atoms with E-state index in [1.54, 1.807) is 7.11 Å². The van der Waals surface area contributed by atoms with Crippen LogP contribution in [0, 0.1) is 0 Å². The molecule has 1 aliphatic heterocycles. The predicted molar refractivity (Wildman–Crippen MR) is 78.3 cm³/mol. The summed E-state index contributed by atoms with van der Waals surface area (Å²) in [5.41, 5.74) is 1.35. The normalized spacial score (nSPS) is 21.2. The molecule has 0 aliphatic carbocycles. The molecule has 0 amide bonds. The zero-order valence-electron chi connectivity index (χ0n) is 10.8. The third-order valence-corrected chi connectivity index (χ3v) is 4.01. The number of nitrogens with zero attached hydrogens (tertiary/aromatic N) is 1. The van der Waals surface area contributed by atoms with E-state index < -0.39 is 0 Å². The highest BCUT2D eigenvalue weighted by molar-refractivity contribution is 8.14. The summed E-state index contributed by atoms with van der Waals surface area (Å²) in [7, 11) is 1.75. The van der Waals surface area contributed by atoms with Gasteiger partial charge in [0.1, 0.15) is 0 Å². The zero-order valence-corrected chi connectivity index (χ0v) is 11.6. The minimum atomic E-state index is 0.519. The highest BCUT2D eigenvalue weighted by Gasteiger charge is 2.19. The molecule has 98 valence electrons. The average Bonchev–Trinajstić information content (AvgIpc) is 2.85. The van der Waals surface area contributed by atoms with Crippen molar-refractivity contribution in [2.75, 3.05) is 26.0 Å². The van der Waals surface area contributed by atoms with Gasteiger partial charge in [-0.05, 0) is 18.4 Å². The van der Waals surface area contributed by atoms with E-state index in [-0.39, 0.29) is 0 Å². The first-order valence-corrected chi connectivity index (χ1v) is 7.33. The zero-order chi connectivity index (χ0) is 12.6. The fourth-order valence-corrected chi connectivity index (χ4v) is 2.92. The maximum atomic E-state index is 5.09. The number of hydrogen-bond acceptors (Lipinski definition) is 3. The summed E-state index contributed by atoms with van der Waals surface area (Å²) in [6.45, 7) is 1.67. The summed E-state index contributed by atoms with van der Waals surface area (Å²) >= 11 is 1.82. The molecule has 1 fully saturated rings. The molecule has 1 aromatic rings. The van der Waals surface area contributed by atoms with Crippen LogP contribution < -0.4 is 5.32 Å². The van der Waals surface area contributed by atoms with E-state index in [0.29, 0.717) is 6.04 Å². The van der Waals surface area contributed by atoms with Gasteiger partial charge in [0.25, 0.3) is 0 Å². The van der Waals surface area contributed by atoms with Crippen molar-refractivity contribution in [3.05, 3.63) is 35.9 Å². The Labute approximate surface area is 113 Å². The maximum Gasteiger partial charge on any atom is 0.156 e. The summed E-state index contributed by atoms with van der Waals surface area (Å²) in [4.78, 5) is 4.60. The van der Waals surface area contributed by atoms with Gasteiger partial charge in [0.15, 0.2) is 5.17 Å². The number of benzene rings is 1. The average molecular weight is 264 g/mol. The van der Waals surface area contributed by atoms with Gasteiger partial charge >= 0.3 is 0 Å². The van der Waals surface area contributed by atoms with Crippen LogP contribution in [0.15, 0.2) is 35.3 Å². The van der Waals surface area contributed by atoms with Crippen LogP contribution in [0.2, 0.25) is 0 Å². The van der Waals surface area contributed by atoms with Gasteiger partial charge in [-0.2, -0.15) is 0 Å². The number of hydrogen-bond donors (Lipinski definition) is 1. The summed E-state index contributed by atoms with van der Waals surface area (Å²) in [5.74, 6) is 1.10. The van der Waals surface area contributed by atoms with E-state index in [1.165, 1.54) is 5.56 Å². The van der Waals surface area contributed by atoms with Crippen molar-refractivity contribution in [1.82, 2.24) is 5.32 Å². The monoisotopic (exact) mass is 264 g/mol. The standard InChI is InChI=1S/C14H20N2OS/c1-17-10-8-13-11-18-14(16-13)15-9-7-12-5-3-2-4-6-12/h2-6,13H,7-11H2,1H3,(H,15,16). The van der Waals surface area contributed by atoms with Crippen molar-refractivity contribution in [2.24, 2.45) is 4.99 Å². The van der Waals surface area contributed by atoms with E-state index in [0.717, 1.165) is 36.9 Å². The molecule has 0 spiro atoms. The SMILES string of the molecule is COCCC1CSC(=NCCc2ccccc2)N1. The number of methoxy groups -OCH3 is 1. The van der Waals surface area contributed by atoms with Crippen LogP contribution in [0.1, 0.15) is 12.0 Å². The first-order valence-electron chi connectivity index (χ1n) is 6.35. The van der Waals surface area contributed by atoms with Gasteiger partial charge in [0.2, 0.25) is 0 Å². The second-order valence-corrected chi connectivity index (χ2v) is 5.36. The van der Waals surface area contributed by atoms with Crippen molar-refractivity contribution in [3.63, 3.8) is 0 Å². The number of aliphatic imine (C=N–C) groups is 1.